The van der Waals surface area contributed by atoms with Crippen molar-refractivity contribution in [3.05, 3.63) is 30.3 Å². The Morgan fingerprint density at radius 3 is 2.35 bits per heavy atom. The highest BCUT2D eigenvalue weighted by Gasteiger charge is 1.99. The highest BCUT2D eigenvalue weighted by Crippen LogP contribution is 2.05. The second-order valence-electron chi connectivity index (χ2n) is 5.06. The van der Waals surface area contributed by atoms with E-state index in [-0.39, 0.29) is 0 Å². The third kappa shape index (κ3) is 7.82. The van der Waals surface area contributed by atoms with E-state index < -0.39 is 0 Å². The Kier molecular flexibility index (Phi) is 9.37. The predicted octanol–water partition coefficient (Wildman–Crippen LogP) is 4.42. The summed E-state index contributed by atoms with van der Waals surface area (Å²) in [5, 5.41) is 6.79. The van der Waals surface area contributed by atoms with E-state index in [4.69, 9.17) is 0 Å². The number of unbranched alkanes of at least 4 members (excludes halogenated alkanes) is 4. The molecule has 0 aliphatic carbocycles. The Hall–Kier alpha value is -1.51. The van der Waals surface area contributed by atoms with Gasteiger partial charge in [-0.2, -0.15) is 0 Å². The largest absolute Gasteiger partial charge is 0.356 e. The maximum absolute atomic E-state index is 4.65. The van der Waals surface area contributed by atoms with Crippen molar-refractivity contribution < 1.29 is 0 Å². The summed E-state index contributed by atoms with van der Waals surface area (Å²) in [6.07, 6.45) is 7.35. The van der Waals surface area contributed by atoms with Crippen molar-refractivity contribution in [2.75, 3.05) is 18.4 Å². The van der Waals surface area contributed by atoms with Gasteiger partial charge in [-0.05, 0) is 25.0 Å². The van der Waals surface area contributed by atoms with Crippen LogP contribution in [0, 0.1) is 0 Å². The quantitative estimate of drug-likeness (QED) is 0.397. The normalized spacial score (nSPS) is 11.4. The smallest absolute Gasteiger partial charge is 0.195 e. The molecule has 0 aliphatic heterocycles. The zero-order chi connectivity index (χ0) is 14.5. The summed E-state index contributed by atoms with van der Waals surface area (Å²) < 4.78 is 0. The van der Waals surface area contributed by atoms with Gasteiger partial charge in [0.05, 0.1) is 0 Å². The summed E-state index contributed by atoms with van der Waals surface area (Å²) in [4.78, 5) is 4.65. The Balaban J connectivity index is 2.45. The lowest BCUT2D eigenvalue weighted by Gasteiger charge is -2.12. The molecule has 20 heavy (non-hydrogen) atoms. The maximum atomic E-state index is 4.65. The molecule has 2 N–H and O–H groups in total. The highest BCUT2D eigenvalue weighted by atomic mass is 15.2. The molecule has 3 heteroatoms. The van der Waals surface area contributed by atoms with Crippen LogP contribution >= 0.6 is 0 Å². The van der Waals surface area contributed by atoms with E-state index in [2.05, 4.69) is 41.6 Å². The molecule has 1 rings (SSSR count). The SMILES string of the molecule is CCCCCN=C(NCCCCC)Nc1ccccc1. The number of benzene rings is 1. The van der Waals surface area contributed by atoms with Crippen molar-refractivity contribution in [2.24, 2.45) is 4.99 Å². The number of aliphatic imine (C=N–C) groups is 1. The molecular formula is C17H29N3. The van der Waals surface area contributed by atoms with E-state index in [1.54, 1.807) is 0 Å². The molecule has 0 unspecified atom stereocenters. The van der Waals surface area contributed by atoms with Gasteiger partial charge >= 0.3 is 0 Å². The van der Waals surface area contributed by atoms with E-state index in [0.29, 0.717) is 0 Å². The first-order valence-electron chi connectivity index (χ1n) is 7.97. The van der Waals surface area contributed by atoms with Gasteiger partial charge in [0.2, 0.25) is 0 Å². The van der Waals surface area contributed by atoms with Gasteiger partial charge in [-0.1, -0.05) is 57.7 Å². The average Bonchev–Trinajstić information content (AvgIpc) is 2.49. The van der Waals surface area contributed by atoms with Crippen molar-refractivity contribution in [1.29, 1.82) is 0 Å². The van der Waals surface area contributed by atoms with Crippen LogP contribution in [-0.2, 0) is 0 Å². The fourth-order valence-corrected chi connectivity index (χ4v) is 1.93. The van der Waals surface area contributed by atoms with Crippen LogP contribution in [0.1, 0.15) is 52.4 Å². The zero-order valence-corrected chi connectivity index (χ0v) is 13.0. The molecule has 1 aromatic carbocycles. The molecule has 0 saturated heterocycles. The summed E-state index contributed by atoms with van der Waals surface area (Å²) >= 11 is 0. The third-order valence-electron chi connectivity index (χ3n) is 3.14. The number of nitrogens with zero attached hydrogens (tertiary/aromatic N) is 1. The first kappa shape index (κ1) is 16.5. The minimum atomic E-state index is 0.893. The fraction of sp³-hybridized carbons (Fsp3) is 0.588. The summed E-state index contributed by atoms with van der Waals surface area (Å²) in [7, 11) is 0. The fourth-order valence-electron chi connectivity index (χ4n) is 1.93. The van der Waals surface area contributed by atoms with Crippen LogP contribution in [-0.4, -0.2) is 19.0 Å². The van der Waals surface area contributed by atoms with Gasteiger partial charge in [0, 0.05) is 18.8 Å². The van der Waals surface area contributed by atoms with E-state index in [0.717, 1.165) is 31.2 Å². The minimum absolute atomic E-state index is 0.893. The maximum Gasteiger partial charge on any atom is 0.195 e. The van der Waals surface area contributed by atoms with Crippen LogP contribution < -0.4 is 10.6 Å². The van der Waals surface area contributed by atoms with Gasteiger partial charge < -0.3 is 10.6 Å². The Labute approximate surface area is 123 Å². The first-order valence-corrected chi connectivity index (χ1v) is 7.97. The molecule has 0 amide bonds. The van der Waals surface area contributed by atoms with Crippen LogP contribution in [0.15, 0.2) is 35.3 Å². The zero-order valence-electron chi connectivity index (χ0n) is 13.0. The van der Waals surface area contributed by atoms with Crippen LogP contribution in [0.4, 0.5) is 5.69 Å². The molecule has 112 valence electrons. The molecule has 0 radical (unpaired) electrons. The summed E-state index contributed by atoms with van der Waals surface area (Å²) in [6, 6.07) is 10.2. The Morgan fingerprint density at radius 1 is 0.950 bits per heavy atom. The van der Waals surface area contributed by atoms with Crippen molar-refractivity contribution >= 4 is 11.6 Å². The number of para-hydroxylation sites is 1. The van der Waals surface area contributed by atoms with E-state index in [9.17, 15) is 0 Å². The number of rotatable bonds is 9. The number of nitrogens with one attached hydrogen (secondary N) is 2. The van der Waals surface area contributed by atoms with Crippen LogP contribution in [0.2, 0.25) is 0 Å². The molecule has 0 saturated carbocycles. The molecule has 0 aromatic heterocycles. The molecule has 0 fully saturated rings. The third-order valence-corrected chi connectivity index (χ3v) is 3.14. The van der Waals surface area contributed by atoms with Crippen molar-refractivity contribution in [1.82, 2.24) is 5.32 Å². The van der Waals surface area contributed by atoms with E-state index >= 15 is 0 Å². The number of hydrogen-bond acceptors (Lipinski definition) is 1. The lowest BCUT2D eigenvalue weighted by Crippen LogP contribution is -2.31. The molecule has 1 aromatic rings. The first-order chi connectivity index (χ1) is 9.86. The van der Waals surface area contributed by atoms with Gasteiger partial charge in [-0.25, -0.2) is 0 Å². The molecule has 3 nitrogen and oxygen atoms in total. The second-order valence-corrected chi connectivity index (χ2v) is 5.06. The number of hydrogen-bond donors (Lipinski definition) is 2. The van der Waals surface area contributed by atoms with Crippen LogP contribution in [0.3, 0.4) is 0 Å². The van der Waals surface area contributed by atoms with Gasteiger partial charge in [0.15, 0.2) is 5.96 Å². The summed E-state index contributed by atoms with van der Waals surface area (Å²) in [6.45, 7) is 6.32. The summed E-state index contributed by atoms with van der Waals surface area (Å²) in [5.74, 6) is 0.906. The van der Waals surface area contributed by atoms with Gasteiger partial charge in [-0.3, -0.25) is 4.99 Å². The number of anilines is 1. The van der Waals surface area contributed by atoms with Crippen molar-refractivity contribution in [2.45, 2.75) is 52.4 Å². The lowest BCUT2D eigenvalue weighted by molar-refractivity contribution is 0.689. The van der Waals surface area contributed by atoms with Gasteiger partial charge in [-0.15, -0.1) is 0 Å². The molecule has 0 bridgehead atoms. The molecule has 0 heterocycles. The minimum Gasteiger partial charge on any atom is -0.356 e. The van der Waals surface area contributed by atoms with Crippen LogP contribution in [0.25, 0.3) is 0 Å². The standard InChI is InChI=1S/C17H29N3/c1-3-5-10-14-18-17(19-15-11-6-4-2)20-16-12-8-7-9-13-16/h7-9,12-13H,3-6,10-11,14-15H2,1-2H3,(H2,18,19,20). The molecule has 0 atom stereocenters. The van der Waals surface area contributed by atoms with Crippen molar-refractivity contribution in [3.63, 3.8) is 0 Å². The lowest BCUT2D eigenvalue weighted by atomic mass is 10.2. The van der Waals surface area contributed by atoms with E-state index in [1.165, 1.54) is 32.1 Å². The monoisotopic (exact) mass is 275 g/mol. The molecular weight excluding hydrogens is 246 g/mol. The van der Waals surface area contributed by atoms with Gasteiger partial charge in [0.25, 0.3) is 0 Å². The second kappa shape index (κ2) is 11.3. The highest BCUT2D eigenvalue weighted by molar-refractivity contribution is 5.93. The van der Waals surface area contributed by atoms with Crippen molar-refractivity contribution in [3.8, 4) is 0 Å². The van der Waals surface area contributed by atoms with Crippen LogP contribution in [0.5, 0.6) is 0 Å². The molecule has 0 aliphatic rings. The summed E-state index contributed by atoms with van der Waals surface area (Å²) in [5.41, 5.74) is 1.09. The van der Waals surface area contributed by atoms with E-state index in [1.807, 2.05) is 18.2 Å². The predicted molar refractivity (Wildman–Crippen MR) is 89.4 cm³/mol. The molecule has 0 spiro atoms. The average molecular weight is 275 g/mol. The number of guanidine groups is 1. The Morgan fingerprint density at radius 2 is 1.65 bits per heavy atom. The Bertz CT molecular complexity index is 360. The topological polar surface area (TPSA) is 36.4 Å². The van der Waals surface area contributed by atoms with Gasteiger partial charge in [0.1, 0.15) is 0 Å².